The molecule has 0 aromatic carbocycles. The highest BCUT2D eigenvalue weighted by Crippen LogP contribution is 2.33. The minimum absolute atomic E-state index is 0.0932. The molecule has 2 rings (SSSR count). The minimum atomic E-state index is -0.835. The van der Waals surface area contributed by atoms with Crippen LogP contribution in [0.5, 0.6) is 0 Å². The zero-order valence-corrected chi connectivity index (χ0v) is 13.5. The number of carboxylic acids is 1. The number of hydrogen-bond acceptors (Lipinski definition) is 3. The van der Waals surface area contributed by atoms with Gasteiger partial charge >= 0.3 is 5.97 Å². The van der Waals surface area contributed by atoms with Gasteiger partial charge in [0, 0.05) is 12.1 Å². The molecule has 2 heterocycles. The van der Waals surface area contributed by atoms with Gasteiger partial charge in [0.15, 0.2) is 0 Å². The van der Waals surface area contributed by atoms with Crippen molar-refractivity contribution in [3.8, 4) is 0 Å². The van der Waals surface area contributed by atoms with Gasteiger partial charge in [0.05, 0.1) is 6.54 Å². The summed E-state index contributed by atoms with van der Waals surface area (Å²) in [6.07, 6.45) is 5.34. The molecule has 0 aromatic rings. The summed E-state index contributed by atoms with van der Waals surface area (Å²) >= 11 is 0. The summed E-state index contributed by atoms with van der Waals surface area (Å²) in [5, 5.41) is 9.59. The normalized spacial score (nSPS) is 34.1. The average molecular weight is 296 g/mol. The topological polar surface area (TPSA) is 60.9 Å². The maximum Gasteiger partial charge on any atom is 0.324 e. The molecule has 5 nitrogen and oxygen atoms in total. The number of amides is 1. The number of nitrogens with zero attached hydrogens (tertiary/aromatic N) is 2. The van der Waals surface area contributed by atoms with Crippen LogP contribution in [0.15, 0.2) is 0 Å². The molecule has 1 N–H and O–H groups in total. The van der Waals surface area contributed by atoms with Crippen molar-refractivity contribution >= 4 is 11.9 Å². The zero-order chi connectivity index (χ0) is 15.6. The standard InChI is InChI=1S/C16H28N2O3/c1-4-16(15(20)21)9-6-10-17(16)11-14(19)18-12(2)7-5-8-13(18)3/h12-13H,4-11H2,1-3H3,(H,20,21). The Balaban J connectivity index is 2.09. The Kier molecular flexibility index (Phi) is 4.91. The highest BCUT2D eigenvalue weighted by atomic mass is 16.4. The van der Waals surface area contributed by atoms with Gasteiger partial charge in [-0.05, 0) is 58.9 Å². The largest absolute Gasteiger partial charge is 0.480 e. The van der Waals surface area contributed by atoms with E-state index in [1.54, 1.807) is 0 Å². The number of piperidine rings is 1. The van der Waals surface area contributed by atoms with Crippen LogP contribution in [0.4, 0.5) is 0 Å². The van der Waals surface area contributed by atoms with Gasteiger partial charge in [-0.25, -0.2) is 0 Å². The maximum absolute atomic E-state index is 12.7. The fraction of sp³-hybridized carbons (Fsp3) is 0.875. The summed E-state index contributed by atoms with van der Waals surface area (Å²) < 4.78 is 0. The fourth-order valence-electron chi connectivity index (χ4n) is 4.12. The molecule has 120 valence electrons. The Labute approximate surface area is 127 Å². The third-order valence-electron chi connectivity index (χ3n) is 5.41. The molecule has 5 heteroatoms. The molecule has 3 atom stereocenters. The van der Waals surface area contributed by atoms with Crippen molar-refractivity contribution in [1.82, 2.24) is 9.80 Å². The molecule has 0 aromatic heterocycles. The lowest BCUT2D eigenvalue weighted by molar-refractivity contribution is -0.152. The van der Waals surface area contributed by atoms with Gasteiger partial charge in [0.25, 0.3) is 0 Å². The van der Waals surface area contributed by atoms with Crippen molar-refractivity contribution < 1.29 is 14.7 Å². The molecule has 2 saturated heterocycles. The summed E-state index contributed by atoms with van der Waals surface area (Å²) in [4.78, 5) is 28.2. The summed E-state index contributed by atoms with van der Waals surface area (Å²) in [5.74, 6) is -0.689. The van der Waals surface area contributed by atoms with Crippen LogP contribution >= 0.6 is 0 Å². The summed E-state index contributed by atoms with van der Waals surface area (Å²) in [6.45, 7) is 7.06. The third kappa shape index (κ3) is 2.93. The van der Waals surface area contributed by atoms with Crippen LogP contribution in [0.25, 0.3) is 0 Å². The van der Waals surface area contributed by atoms with Crippen LogP contribution in [0, 0.1) is 0 Å². The number of rotatable bonds is 4. The quantitative estimate of drug-likeness (QED) is 0.863. The Morgan fingerprint density at radius 3 is 2.33 bits per heavy atom. The average Bonchev–Trinajstić information content (AvgIpc) is 2.82. The van der Waals surface area contributed by atoms with E-state index in [0.717, 1.165) is 19.3 Å². The zero-order valence-electron chi connectivity index (χ0n) is 13.5. The van der Waals surface area contributed by atoms with E-state index in [0.29, 0.717) is 19.4 Å². The van der Waals surface area contributed by atoms with Gasteiger partial charge in [-0.2, -0.15) is 0 Å². The number of hydrogen-bond donors (Lipinski definition) is 1. The van der Waals surface area contributed by atoms with E-state index < -0.39 is 11.5 Å². The molecule has 0 aliphatic carbocycles. The lowest BCUT2D eigenvalue weighted by atomic mass is 9.92. The van der Waals surface area contributed by atoms with Crippen molar-refractivity contribution in [1.29, 1.82) is 0 Å². The van der Waals surface area contributed by atoms with Crippen molar-refractivity contribution in [3.05, 3.63) is 0 Å². The molecule has 2 fully saturated rings. The molecular formula is C16H28N2O3. The van der Waals surface area contributed by atoms with E-state index in [4.69, 9.17) is 0 Å². The maximum atomic E-state index is 12.7. The first-order chi connectivity index (χ1) is 9.92. The molecule has 2 aliphatic heterocycles. The van der Waals surface area contributed by atoms with Crippen LogP contribution in [-0.4, -0.2) is 57.5 Å². The second-order valence-electron chi connectivity index (χ2n) is 6.65. The van der Waals surface area contributed by atoms with Gasteiger partial charge in [-0.15, -0.1) is 0 Å². The number of carbonyl (C=O) groups is 2. The van der Waals surface area contributed by atoms with Gasteiger partial charge < -0.3 is 10.0 Å². The summed E-state index contributed by atoms with van der Waals surface area (Å²) in [6, 6.07) is 0.536. The highest BCUT2D eigenvalue weighted by Gasteiger charge is 2.47. The monoisotopic (exact) mass is 296 g/mol. The molecule has 0 radical (unpaired) electrons. The lowest BCUT2D eigenvalue weighted by Crippen LogP contribution is -2.56. The number of carbonyl (C=O) groups excluding carboxylic acids is 1. The third-order valence-corrected chi connectivity index (χ3v) is 5.41. The van der Waals surface area contributed by atoms with Gasteiger partial charge in [-0.1, -0.05) is 6.92 Å². The van der Waals surface area contributed by atoms with Gasteiger partial charge in [0.1, 0.15) is 5.54 Å². The predicted octanol–water partition coefficient (Wildman–Crippen LogP) is 2.11. The fourth-order valence-corrected chi connectivity index (χ4v) is 4.12. The molecular weight excluding hydrogens is 268 g/mol. The first kappa shape index (κ1) is 16.3. The Morgan fingerprint density at radius 1 is 1.19 bits per heavy atom. The van der Waals surface area contributed by atoms with Crippen LogP contribution in [0.3, 0.4) is 0 Å². The van der Waals surface area contributed by atoms with E-state index in [-0.39, 0.29) is 24.5 Å². The Hall–Kier alpha value is -1.10. The first-order valence-electron chi connectivity index (χ1n) is 8.22. The van der Waals surface area contributed by atoms with Crippen molar-refractivity contribution in [2.45, 2.75) is 76.9 Å². The molecule has 0 bridgehead atoms. The van der Waals surface area contributed by atoms with Crippen LogP contribution in [-0.2, 0) is 9.59 Å². The minimum Gasteiger partial charge on any atom is -0.480 e. The lowest BCUT2D eigenvalue weighted by Gasteiger charge is -2.41. The molecule has 0 spiro atoms. The van der Waals surface area contributed by atoms with Gasteiger partial charge in [-0.3, -0.25) is 14.5 Å². The smallest absolute Gasteiger partial charge is 0.324 e. The van der Waals surface area contributed by atoms with E-state index in [1.165, 1.54) is 6.42 Å². The molecule has 0 saturated carbocycles. The first-order valence-corrected chi connectivity index (χ1v) is 8.22. The number of aliphatic carboxylic acids is 1. The second-order valence-corrected chi connectivity index (χ2v) is 6.65. The van der Waals surface area contributed by atoms with E-state index >= 15 is 0 Å². The Morgan fingerprint density at radius 2 is 1.81 bits per heavy atom. The molecule has 1 amide bonds. The van der Waals surface area contributed by atoms with Crippen LogP contribution in [0.2, 0.25) is 0 Å². The number of likely N-dealkylation sites (tertiary alicyclic amines) is 2. The Bertz CT molecular complexity index is 402. The second kappa shape index (κ2) is 6.34. The SMILES string of the molecule is CCC1(C(=O)O)CCCN1CC(=O)N1C(C)CCCC1C. The molecule has 3 unspecified atom stereocenters. The summed E-state index contributed by atoms with van der Waals surface area (Å²) in [5.41, 5.74) is -0.835. The number of carboxylic acid groups (broad SMARTS) is 1. The molecule has 2 aliphatic rings. The van der Waals surface area contributed by atoms with Crippen molar-refractivity contribution in [2.75, 3.05) is 13.1 Å². The van der Waals surface area contributed by atoms with Crippen molar-refractivity contribution in [2.24, 2.45) is 0 Å². The molecule has 21 heavy (non-hydrogen) atoms. The van der Waals surface area contributed by atoms with Crippen molar-refractivity contribution in [3.63, 3.8) is 0 Å². The van der Waals surface area contributed by atoms with Crippen LogP contribution < -0.4 is 0 Å². The summed E-state index contributed by atoms with van der Waals surface area (Å²) in [7, 11) is 0. The van der Waals surface area contributed by atoms with Crippen LogP contribution in [0.1, 0.15) is 59.3 Å². The van der Waals surface area contributed by atoms with E-state index in [9.17, 15) is 14.7 Å². The van der Waals surface area contributed by atoms with E-state index in [1.807, 2.05) is 16.7 Å². The predicted molar refractivity (Wildman–Crippen MR) is 81.1 cm³/mol. The van der Waals surface area contributed by atoms with Gasteiger partial charge in [0.2, 0.25) is 5.91 Å². The highest BCUT2D eigenvalue weighted by molar-refractivity contribution is 5.83. The van der Waals surface area contributed by atoms with E-state index in [2.05, 4.69) is 13.8 Å².